The quantitative estimate of drug-likeness (QED) is 0.398. The average molecular weight is 364 g/mol. The van der Waals surface area contributed by atoms with Gasteiger partial charge >= 0.3 is 0 Å². The number of morpholine rings is 1. The van der Waals surface area contributed by atoms with Gasteiger partial charge in [-0.2, -0.15) is 0 Å². The molecule has 0 radical (unpaired) electrons. The van der Waals surface area contributed by atoms with E-state index in [1.54, 1.807) is 14.2 Å². The van der Waals surface area contributed by atoms with Crippen LogP contribution in [0.25, 0.3) is 0 Å². The van der Waals surface area contributed by atoms with Crippen LogP contribution in [0.3, 0.4) is 0 Å². The minimum absolute atomic E-state index is 0.693. The van der Waals surface area contributed by atoms with Gasteiger partial charge in [0.2, 0.25) is 0 Å². The van der Waals surface area contributed by atoms with E-state index in [2.05, 4.69) is 27.4 Å². The zero-order chi connectivity index (χ0) is 18.6. The fourth-order valence-corrected chi connectivity index (χ4v) is 2.82. The number of nitrogens with zero attached hydrogens (tertiary/aromatic N) is 2. The Balaban J connectivity index is 1.82. The Bertz CT molecular complexity index is 560. The molecule has 2 rings (SSSR count). The van der Waals surface area contributed by atoms with Crippen LogP contribution in [0, 0.1) is 0 Å². The number of anilines is 1. The molecule has 0 bridgehead atoms. The van der Waals surface area contributed by atoms with Crippen LogP contribution in [0.5, 0.6) is 11.5 Å². The fraction of sp³-hybridized carbons (Fsp3) is 0.632. The largest absolute Gasteiger partial charge is 0.493 e. The van der Waals surface area contributed by atoms with Crippen molar-refractivity contribution in [2.45, 2.75) is 19.8 Å². The predicted octanol–water partition coefficient (Wildman–Crippen LogP) is 2.19. The van der Waals surface area contributed by atoms with E-state index in [9.17, 15) is 0 Å². The highest BCUT2D eigenvalue weighted by atomic mass is 16.5. The SMILES string of the molecule is CCNC(=NCCCCN1CCOCC1)Nc1ccc(OC)c(OC)c1. The second-order valence-corrected chi connectivity index (χ2v) is 6.12. The molecule has 2 N–H and O–H groups in total. The van der Waals surface area contributed by atoms with E-state index in [0.717, 1.165) is 70.4 Å². The zero-order valence-corrected chi connectivity index (χ0v) is 16.2. The van der Waals surface area contributed by atoms with Gasteiger partial charge in [0, 0.05) is 37.9 Å². The van der Waals surface area contributed by atoms with Crippen LogP contribution in [0.2, 0.25) is 0 Å². The molecular formula is C19H32N4O3. The van der Waals surface area contributed by atoms with Crippen LogP contribution in [0.15, 0.2) is 23.2 Å². The van der Waals surface area contributed by atoms with E-state index in [-0.39, 0.29) is 0 Å². The molecule has 0 saturated carbocycles. The molecule has 1 saturated heterocycles. The molecule has 0 spiro atoms. The molecule has 0 amide bonds. The third kappa shape index (κ3) is 6.72. The lowest BCUT2D eigenvalue weighted by Gasteiger charge is -2.26. The normalized spacial score (nSPS) is 15.6. The van der Waals surface area contributed by atoms with Crippen molar-refractivity contribution in [3.05, 3.63) is 18.2 Å². The van der Waals surface area contributed by atoms with Gasteiger partial charge in [-0.25, -0.2) is 0 Å². The van der Waals surface area contributed by atoms with Crippen molar-refractivity contribution in [1.29, 1.82) is 0 Å². The van der Waals surface area contributed by atoms with Crippen molar-refractivity contribution in [1.82, 2.24) is 10.2 Å². The maximum absolute atomic E-state index is 5.38. The lowest BCUT2D eigenvalue weighted by molar-refractivity contribution is 0.0373. The number of ether oxygens (including phenoxy) is 3. The number of benzene rings is 1. The first kappa shape index (κ1) is 20.3. The van der Waals surface area contributed by atoms with Crippen LogP contribution in [0.1, 0.15) is 19.8 Å². The standard InChI is InChI=1S/C19H32N4O3/c1-4-20-19(21-9-5-6-10-23-11-13-26-14-12-23)22-16-7-8-17(24-2)18(15-16)25-3/h7-8,15H,4-6,9-14H2,1-3H3,(H2,20,21,22). The molecule has 1 aromatic carbocycles. The van der Waals surface area contributed by atoms with Gasteiger partial charge in [-0.3, -0.25) is 9.89 Å². The van der Waals surface area contributed by atoms with Crippen LogP contribution in [-0.4, -0.2) is 71.0 Å². The molecule has 1 heterocycles. The van der Waals surface area contributed by atoms with E-state index in [4.69, 9.17) is 14.2 Å². The maximum Gasteiger partial charge on any atom is 0.195 e. The van der Waals surface area contributed by atoms with E-state index >= 15 is 0 Å². The van der Waals surface area contributed by atoms with E-state index in [0.29, 0.717) is 11.5 Å². The minimum atomic E-state index is 0.693. The monoisotopic (exact) mass is 364 g/mol. The number of hydrogen-bond acceptors (Lipinski definition) is 5. The summed E-state index contributed by atoms with van der Waals surface area (Å²) in [7, 11) is 3.27. The molecule has 0 aliphatic carbocycles. The van der Waals surface area contributed by atoms with Crippen molar-refractivity contribution in [2.75, 3.05) is 65.5 Å². The molecule has 0 atom stereocenters. The molecule has 0 aromatic heterocycles. The summed E-state index contributed by atoms with van der Waals surface area (Å²) >= 11 is 0. The Hall–Kier alpha value is -1.99. The Morgan fingerprint density at radius 1 is 1.15 bits per heavy atom. The number of hydrogen-bond donors (Lipinski definition) is 2. The van der Waals surface area contributed by atoms with Gasteiger partial charge in [0.05, 0.1) is 27.4 Å². The second-order valence-electron chi connectivity index (χ2n) is 6.12. The summed E-state index contributed by atoms with van der Waals surface area (Å²) in [5.74, 6) is 2.19. The van der Waals surface area contributed by atoms with Gasteiger partial charge < -0.3 is 24.8 Å². The highest BCUT2D eigenvalue weighted by Crippen LogP contribution is 2.29. The van der Waals surface area contributed by atoms with Gasteiger partial charge in [0.25, 0.3) is 0 Å². The van der Waals surface area contributed by atoms with Gasteiger partial charge in [0.1, 0.15) is 0 Å². The molecule has 1 fully saturated rings. The number of nitrogens with one attached hydrogen (secondary N) is 2. The number of unbranched alkanes of at least 4 members (excludes halogenated alkanes) is 1. The first-order valence-corrected chi connectivity index (χ1v) is 9.34. The molecular weight excluding hydrogens is 332 g/mol. The van der Waals surface area contributed by atoms with Crippen LogP contribution in [-0.2, 0) is 4.74 Å². The summed E-state index contributed by atoms with van der Waals surface area (Å²) in [6.45, 7) is 8.61. The molecule has 1 aliphatic rings. The predicted molar refractivity (Wildman–Crippen MR) is 106 cm³/mol. The van der Waals surface area contributed by atoms with Crippen LogP contribution >= 0.6 is 0 Å². The van der Waals surface area contributed by atoms with E-state index in [1.807, 2.05) is 18.2 Å². The summed E-state index contributed by atoms with van der Waals surface area (Å²) in [6, 6.07) is 5.74. The number of aliphatic imine (C=N–C) groups is 1. The van der Waals surface area contributed by atoms with Crippen molar-refractivity contribution < 1.29 is 14.2 Å². The lowest BCUT2D eigenvalue weighted by Crippen LogP contribution is -2.36. The second kappa shape index (κ2) is 11.6. The molecule has 146 valence electrons. The van der Waals surface area contributed by atoms with Gasteiger partial charge in [-0.1, -0.05) is 0 Å². The highest BCUT2D eigenvalue weighted by molar-refractivity contribution is 5.93. The Morgan fingerprint density at radius 2 is 1.92 bits per heavy atom. The minimum Gasteiger partial charge on any atom is -0.493 e. The first-order valence-electron chi connectivity index (χ1n) is 9.34. The first-order chi connectivity index (χ1) is 12.8. The Labute approximate surface area is 156 Å². The lowest BCUT2D eigenvalue weighted by atomic mass is 10.2. The smallest absolute Gasteiger partial charge is 0.195 e. The zero-order valence-electron chi connectivity index (χ0n) is 16.2. The Kier molecular flexibility index (Phi) is 9.06. The third-order valence-corrected chi connectivity index (χ3v) is 4.25. The van der Waals surface area contributed by atoms with E-state index < -0.39 is 0 Å². The topological polar surface area (TPSA) is 67.4 Å². The van der Waals surface area contributed by atoms with Gasteiger partial charge in [-0.05, 0) is 38.4 Å². The van der Waals surface area contributed by atoms with Gasteiger partial charge in [0.15, 0.2) is 17.5 Å². The molecule has 1 aliphatic heterocycles. The molecule has 7 heteroatoms. The van der Waals surface area contributed by atoms with Crippen molar-refractivity contribution in [2.24, 2.45) is 4.99 Å². The summed E-state index contributed by atoms with van der Waals surface area (Å²) in [6.07, 6.45) is 2.22. The Morgan fingerprint density at radius 3 is 2.62 bits per heavy atom. The number of guanidine groups is 1. The summed E-state index contributed by atoms with van der Waals surface area (Å²) < 4.78 is 16.0. The van der Waals surface area contributed by atoms with Crippen molar-refractivity contribution in [3.8, 4) is 11.5 Å². The number of rotatable bonds is 9. The summed E-state index contributed by atoms with van der Waals surface area (Å²) in [5.41, 5.74) is 0.913. The molecule has 1 aromatic rings. The highest BCUT2D eigenvalue weighted by Gasteiger charge is 2.09. The molecule has 26 heavy (non-hydrogen) atoms. The average Bonchev–Trinajstić information content (AvgIpc) is 2.68. The van der Waals surface area contributed by atoms with Crippen molar-refractivity contribution in [3.63, 3.8) is 0 Å². The van der Waals surface area contributed by atoms with Crippen LogP contribution in [0.4, 0.5) is 5.69 Å². The maximum atomic E-state index is 5.38. The summed E-state index contributed by atoms with van der Waals surface area (Å²) in [4.78, 5) is 7.13. The third-order valence-electron chi connectivity index (χ3n) is 4.25. The van der Waals surface area contributed by atoms with E-state index in [1.165, 1.54) is 0 Å². The molecule has 0 unspecified atom stereocenters. The van der Waals surface area contributed by atoms with Crippen molar-refractivity contribution >= 4 is 11.6 Å². The molecule has 7 nitrogen and oxygen atoms in total. The van der Waals surface area contributed by atoms with Gasteiger partial charge in [-0.15, -0.1) is 0 Å². The fourth-order valence-electron chi connectivity index (χ4n) is 2.82. The summed E-state index contributed by atoms with van der Waals surface area (Å²) in [5, 5.41) is 6.60. The number of methoxy groups -OCH3 is 2. The van der Waals surface area contributed by atoms with Crippen LogP contribution < -0.4 is 20.1 Å².